The van der Waals surface area contributed by atoms with Crippen molar-refractivity contribution in [1.82, 2.24) is 0 Å². The van der Waals surface area contributed by atoms with Crippen molar-refractivity contribution in [2.24, 2.45) is 22.0 Å². The summed E-state index contributed by atoms with van der Waals surface area (Å²) in [6.45, 7) is -2.07. The van der Waals surface area contributed by atoms with Crippen LogP contribution in [0.4, 0.5) is 0 Å². The Labute approximate surface area is 186 Å². The maximum atomic E-state index is 4.77. The maximum absolute atomic E-state index is 4.77. The summed E-state index contributed by atoms with van der Waals surface area (Å²) in [6.07, 6.45) is 24.3. The molecule has 0 saturated heterocycles. The molecule has 9 heteroatoms. The van der Waals surface area contributed by atoms with Crippen LogP contribution in [0.5, 0.6) is 0 Å². The predicted molar refractivity (Wildman–Crippen MR) is 133 cm³/mol. The molecule has 0 spiro atoms. The van der Waals surface area contributed by atoms with Crippen LogP contribution in [-0.4, -0.2) is 19.8 Å². The summed E-state index contributed by atoms with van der Waals surface area (Å²) in [7, 11) is 0. The first kappa shape index (κ1) is 26.7. The summed E-state index contributed by atoms with van der Waals surface area (Å²) < 4.78 is 4.00. The van der Waals surface area contributed by atoms with Crippen LogP contribution in [0.1, 0.15) is 96.3 Å². The van der Waals surface area contributed by atoms with Gasteiger partial charge in [-0.1, -0.05) is 0 Å². The fourth-order valence-corrected chi connectivity index (χ4v) is 22.9. The Kier molecular flexibility index (Phi) is 16.2. The fourth-order valence-electron chi connectivity index (χ4n) is 5.71. The number of hydrogen-bond acceptors (Lipinski definition) is 2. The molecule has 158 valence electrons. The zero-order valence-electron chi connectivity index (χ0n) is 16.9. The largest absolute Gasteiger partial charge is 0.355 e. The van der Waals surface area contributed by atoms with Gasteiger partial charge >= 0.3 is 142 Å². The molecule has 0 bridgehead atoms. The van der Waals surface area contributed by atoms with Crippen molar-refractivity contribution in [3.05, 3.63) is 0 Å². The summed E-state index contributed by atoms with van der Waals surface area (Å²) in [4.78, 5) is 0. The van der Waals surface area contributed by atoms with Crippen molar-refractivity contribution in [2.75, 3.05) is 0 Å². The standard InChI is InChI=1S/3C6H11.2H4N2PS.Sn.H/c3*1-2-4-6-5-3-1;2*1-3(2)4;;/h3*1H,2-6H2;2*(H4,1,2,4);;/q;;;2*+1;;. The fraction of sp³-hybridized carbons (Fsp3) is 1.00. The van der Waals surface area contributed by atoms with Crippen LogP contribution in [0, 0.1) is 0 Å². The molecule has 0 aromatic heterocycles. The van der Waals surface area contributed by atoms with Gasteiger partial charge in [0.2, 0.25) is 23.6 Å². The van der Waals surface area contributed by atoms with Gasteiger partial charge < -0.3 is 0 Å². The minimum atomic E-state index is -1.31. The second-order valence-electron chi connectivity index (χ2n) is 8.49. The summed E-state index contributed by atoms with van der Waals surface area (Å²) in [5.41, 5.74) is 19.1. The Hall–Kier alpha value is 1.68. The SMILES string of the molecule is C1CC[CH]([SnH]([CH]2CCCCC2)[CH]2CCCCC2)CC1.N[P+](N)=S.N[P+](N)=S. The van der Waals surface area contributed by atoms with Gasteiger partial charge in [-0.05, 0) is 0 Å². The minimum absolute atomic E-state index is 1.04. The van der Waals surface area contributed by atoms with E-state index >= 15 is 0 Å². The summed E-state index contributed by atoms with van der Waals surface area (Å²) in [5.74, 6) is 0. The number of hydrogen-bond donors (Lipinski definition) is 4. The summed E-state index contributed by atoms with van der Waals surface area (Å²) in [5, 5.41) is 0. The molecule has 0 heterocycles. The molecule has 8 N–H and O–H groups in total. The smallest absolute Gasteiger partial charge is 0.129 e. The van der Waals surface area contributed by atoms with Gasteiger partial charge in [-0.2, -0.15) is 0 Å². The third-order valence-electron chi connectivity index (χ3n) is 6.58. The molecule has 0 radical (unpaired) electrons. The van der Waals surface area contributed by atoms with E-state index in [0.717, 1.165) is 0 Å². The Morgan fingerprint density at radius 2 is 0.667 bits per heavy atom. The molecule has 0 unspecified atom stereocenters. The monoisotopic (exact) mass is 560 g/mol. The molecule has 3 rings (SSSR count). The Morgan fingerprint density at radius 3 is 0.852 bits per heavy atom. The molecule has 0 aromatic carbocycles. The van der Waals surface area contributed by atoms with Crippen molar-refractivity contribution in [3.8, 4) is 0 Å². The zero-order chi connectivity index (χ0) is 20.1. The van der Waals surface area contributed by atoms with Crippen LogP contribution >= 0.6 is 14.0 Å². The van der Waals surface area contributed by atoms with Gasteiger partial charge in [0.05, 0.1) is 0 Å². The summed E-state index contributed by atoms with van der Waals surface area (Å²) >= 11 is 7.18. The van der Waals surface area contributed by atoms with Crippen LogP contribution in [0.25, 0.3) is 0 Å². The Balaban J connectivity index is 0.000000390. The van der Waals surface area contributed by atoms with Crippen molar-refractivity contribution in [1.29, 1.82) is 0 Å². The third kappa shape index (κ3) is 12.9. The van der Waals surface area contributed by atoms with E-state index in [1.165, 1.54) is 11.8 Å². The van der Waals surface area contributed by atoms with E-state index in [9.17, 15) is 0 Å². The minimum Gasteiger partial charge on any atom is -0.129 e. The maximum Gasteiger partial charge on any atom is 0.355 e. The van der Waals surface area contributed by atoms with Crippen molar-refractivity contribution in [2.45, 2.75) is 108 Å². The van der Waals surface area contributed by atoms with Crippen LogP contribution in [0.2, 0.25) is 11.8 Å². The van der Waals surface area contributed by atoms with Gasteiger partial charge in [-0.15, -0.1) is 22.0 Å². The van der Waals surface area contributed by atoms with Gasteiger partial charge in [-0.25, -0.2) is 0 Å². The second kappa shape index (κ2) is 16.4. The van der Waals surface area contributed by atoms with E-state index in [1.807, 2.05) is 0 Å². The summed E-state index contributed by atoms with van der Waals surface area (Å²) in [6, 6.07) is 0. The van der Waals surface area contributed by atoms with Gasteiger partial charge in [0, 0.05) is 0 Å². The van der Waals surface area contributed by atoms with Gasteiger partial charge in [-0.3, -0.25) is 0 Å². The van der Waals surface area contributed by atoms with Crippen molar-refractivity contribution in [3.63, 3.8) is 0 Å². The molecular weight excluding hydrogens is 517 g/mol. The molecule has 3 fully saturated rings. The molecule has 0 atom stereocenters. The van der Waals surface area contributed by atoms with E-state index in [2.05, 4.69) is 23.6 Å². The first-order valence-electron chi connectivity index (χ1n) is 10.8. The molecule has 3 aliphatic rings. The first-order valence-corrected chi connectivity index (χ1v) is 21.5. The molecule has 27 heavy (non-hydrogen) atoms. The molecule has 4 nitrogen and oxygen atoms in total. The van der Waals surface area contributed by atoms with Crippen LogP contribution < -0.4 is 22.0 Å². The predicted octanol–water partition coefficient (Wildman–Crippen LogP) is 5.57. The molecular formula is C18H42N4P2S2Sn+2. The van der Waals surface area contributed by atoms with Crippen LogP contribution in [0.15, 0.2) is 0 Å². The van der Waals surface area contributed by atoms with Gasteiger partial charge in [0.25, 0.3) is 0 Å². The number of rotatable bonds is 3. The van der Waals surface area contributed by atoms with Crippen molar-refractivity contribution >= 4 is 57.4 Å². The Bertz CT molecular complexity index is 365. The second-order valence-corrected chi connectivity index (χ2v) is 23.8. The topological polar surface area (TPSA) is 104 Å². The van der Waals surface area contributed by atoms with Gasteiger partial charge in [0.15, 0.2) is 0 Å². The van der Waals surface area contributed by atoms with E-state index in [-0.39, 0.29) is 0 Å². The first-order chi connectivity index (χ1) is 12.9. The number of nitrogens with two attached hydrogens (primary N) is 4. The average molecular weight is 559 g/mol. The molecule has 3 saturated carbocycles. The van der Waals surface area contributed by atoms with E-state index in [1.54, 1.807) is 96.3 Å². The van der Waals surface area contributed by atoms with E-state index in [0.29, 0.717) is 0 Å². The molecule has 0 aromatic rings. The molecule has 3 aliphatic carbocycles. The van der Waals surface area contributed by atoms with Gasteiger partial charge in [0.1, 0.15) is 0 Å². The van der Waals surface area contributed by atoms with Crippen LogP contribution in [-0.2, 0) is 23.6 Å². The quantitative estimate of drug-likeness (QED) is 0.266. The third-order valence-corrected chi connectivity index (χ3v) is 21.6. The zero-order valence-corrected chi connectivity index (χ0v) is 23.7. The van der Waals surface area contributed by atoms with Crippen LogP contribution in [0.3, 0.4) is 0 Å². The normalized spacial score (nSPS) is 22.3. The average Bonchev–Trinajstić information content (AvgIpc) is 2.64. The Morgan fingerprint density at radius 1 is 0.481 bits per heavy atom. The molecule has 0 aliphatic heterocycles. The van der Waals surface area contributed by atoms with Crippen molar-refractivity contribution < 1.29 is 0 Å². The van der Waals surface area contributed by atoms with E-state index in [4.69, 9.17) is 22.0 Å². The van der Waals surface area contributed by atoms with E-state index < -0.39 is 33.8 Å². The molecule has 0 amide bonds.